The van der Waals surface area contributed by atoms with Crippen molar-refractivity contribution in [1.82, 2.24) is 0 Å². The fourth-order valence-electron chi connectivity index (χ4n) is 2.45. The molecule has 6 heteroatoms. The van der Waals surface area contributed by atoms with Crippen molar-refractivity contribution in [3.63, 3.8) is 0 Å². The number of ether oxygens (including phenoxy) is 2. The van der Waals surface area contributed by atoms with Gasteiger partial charge in [-0.2, -0.15) is 0 Å². The molecule has 0 aromatic heterocycles. The van der Waals surface area contributed by atoms with Crippen LogP contribution in [0.15, 0.2) is 30.3 Å². The number of cyclic esters (lactones) is 2. The van der Waals surface area contributed by atoms with Gasteiger partial charge in [-0.05, 0) is 18.4 Å². The maximum Gasteiger partial charge on any atom is 0.327 e. The summed E-state index contributed by atoms with van der Waals surface area (Å²) in [6.07, 6.45) is -0.433. The predicted octanol–water partition coefficient (Wildman–Crippen LogP) is 1.92. The smallest absolute Gasteiger partial charge is 0.327 e. The van der Waals surface area contributed by atoms with Crippen LogP contribution in [-0.2, 0) is 30.3 Å². The quantitative estimate of drug-likeness (QED) is 0.660. The summed E-state index contributed by atoms with van der Waals surface area (Å²) in [4.78, 5) is 35.8. The van der Waals surface area contributed by atoms with E-state index in [2.05, 4.69) is 0 Å². The lowest BCUT2D eigenvalue weighted by atomic mass is 9.77. The molecule has 0 atom stereocenters. The Bertz CT molecular complexity index is 570. The maximum absolute atomic E-state index is 12.4. The van der Waals surface area contributed by atoms with E-state index < -0.39 is 29.1 Å². The van der Waals surface area contributed by atoms with Gasteiger partial charge in [0.15, 0.2) is 5.41 Å². The summed E-state index contributed by atoms with van der Waals surface area (Å²) in [5.74, 6) is -3.90. The third kappa shape index (κ3) is 3.27. The fourth-order valence-corrected chi connectivity index (χ4v) is 2.45. The first-order valence-corrected chi connectivity index (χ1v) is 6.98. The monoisotopic (exact) mass is 306 g/mol. The predicted molar refractivity (Wildman–Crippen MR) is 75.7 cm³/mol. The number of rotatable bonds is 5. The molecule has 6 nitrogen and oxygen atoms in total. The number of hydrogen-bond donors (Lipinski definition) is 1. The molecule has 0 amide bonds. The first kappa shape index (κ1) is 16.0. The lowest BCUT2D eigenvalue weighted by molar-refractivity contribution is -0.251. The molecule has 0 bridgehead atoms. The number of hydrogen-bond acceptors (Lipinski definition) is 5. The topological polar surface area (TPSA) is 89.9 Å². The van der Waals surface area contributed by atoms with Crippen molar-refractivity contribution in [2.45, 2.75) is 38.9 Å². The standard InChI is InChI=1S/C16H18O6/c1-15(2)21-13(19)16(14(20)22-15,9-8-12(17)18)10-11-6-4-3-5-7-11/h3-7H,8-10H2,1-2H3,(H,17,18). The Balaban J connectivity index is 2.35. The molecule has 118 valence electrons. The van der Waals surface area contributed by atoms with Gasteiger partial charge in [-0.25, -0.2) is 0 Å². The van der Waals surface area contributed by atoms with Crippen LogP contribution in [0.4, 0.5) is 0 Å². The Morgan fingerprint density at radius 2 is 1.64 bits per heavy atom. The number of carbonyl (C=O) groups excluding carboxylic acids is 2. The van der Waals surface area contributed by atoms with Crippen LogP contribution in [0, 0.1) is 5.41 Å². The minimum absolute atomic E-state index is 0.0505. The average Bonchev–Trinajstić information content (AvgIpc) is 2.41. The number of esters is 2. The molecular formula is C16H18O6. The highest BCUT2D eigenvalue weighted by molar-refractivity contribution is 6.02. The van der Waals surface area contributed by atoms with E-state index in [0.29, 0.717) is 0 Å². The van der Waals surface area contributed by atoms with E-state index in [1.54, 1.807) is 24.3 Å². The van der Waals surface area contributed by atoms with Crippen molar-refractivity contribution in [3.8, 4) is 0 Å². The van der Waals surface area contributed by atoms with Gasteiger partial charge >= 0.3 is 17.9 Å². The van der Waals surface area contributed by atoms with E-state index >= 15 is 0 Å². The Hall–Kier alpha value is -2.37. The number of aliphatic carboxylic acids is 1. The summed E-state index contributed by atoms with van der Waals surface area (Å²) in [5, 5.41) is 8.90. The maximum atomic E-state index is 12.4. The first-order valence-electron chi connectivity index (χ1n) is 6.98. The van der Waals surface area contributed by atoms with E-state index in [0.717, 1.165) is 5.56 Å². The van der Waals surface area contributed by atoms with Crippen LogP contribution >= 0.6 is 0 Å². The lowest BCUT2D eigenvalue weighted by Crippen LogP contribution is -2.55. The van der Waals surface area contributed by atoms with E-state index in [4.69, 9.17) is 14.6 Å². The van der Waals surface area contributed by atoms with Gasteiger partial charge in [0.2, 0.25) is 0 Å². The van der Waals surface area contributed by atoms with Crippen molar-refractivity contribution >= 4 is 17.9 Å². The third-order valence-corrected chi connectivity index (χ3v) is 3.57. The van der Waals surface area contributed by atoms with E-state index in [1.165, 1.54) is 13.8 Å². The Labute approximate surface area is 128 Å². The highest BCUT2D eigenvalue weighted by Crippen LogP contribution is 2.39. The molecule has 0 radical (unpaired) electrons. The van der Waals surface area contributed by atoms with E-state index in [9.17, 15) is 14.4 Å². The second-order valence-corrected chi connectivity index (χ2v) is 5.82. The third-order valence-electron chi connectivity index (χ3n) is 3.57. The number of carbonyl (C=O) groups is 3. The molecule has 1 aliphatic heterocycles. The summed E-state index contributed by atoms with van der Waals surface area (Å²) >= 11 is 0. The molecule has 0 aliphatic carbocycles. The highest BCUT2D eigenvalue weighted by Gasteiger charge is 2.56. The van der Waals surface area contributed by atoms with Crippen molar-refractivity contribution in [1.29, 1.82) is 0 Å². The van der Waals surface area contributed by atoms with Crippen molar-refractivity contribution < 1.29 is 29.0 Å². The molecule has 1 saturated heterocycles. The van der Waals surface area contributed by atoms with Crippen molar-refractivity contribution in [3.05, 3.63) is 35.9 Å². The van der Waals surface area contributed by atoms with E-state index in [1.807, 2.05) is 6.07 Å². The van der Waals surface area contributed by atoms with Crippen LogP contribution in [0.3, 0.4) is 0 Å². The molecule has 0 saturated carbocycles. The summed E-state index contributed by atoms with van der Waals surface area (Å²) in [6, 6.07) is 8.91. The van der Waals surface area contributed by atoms with Gasteiger partial charge in [-0.3, -0.25) is 14.4 Å². The molecule has 1 aromatic carbocycles. The second kappa shape index (κ2) is 5.79. The summed E-state index contributed by atoms with van der Waals surface area (Å²) in [7, 11) is 0. The average molecular weight is 306 g/mol. The molecule has 1 N–H and O–H groups in total. The van der Waals surface area contributed by atoms with Crippen LogP contribution in [0.5, 0.6) is 0 Å². The minimum atomic E-state index is -1.62. The van der Waals surface area contributed by atoms with Gasteiger partial charge in [-0.1, -0.05) is 30.3 Å². The molecule has 0 unspecified atom stereocenters. The largest absolute Gasteiger partial charge is 0.481 e. The molecule has 22 heavy (non-hydrogen) atoms. The number of benzene rings is 1. The number of carboxylic acid groups (broad SMARTS) is 1. The van der Waals surface area contributed by atoms with Gasteiger partial charge in [0.25, 0.3) is 5.79 Å². The van der Waals surface area contributed by atoms with Crippen LogP contribution in [0.1, 0.15) is 32.3 Å². The molecule has 1 fully saturated rings. The van der Waals surface area contributed by atoms with Crippen LogP contribution in [0.2, 0.25) is 0 Å². The highest BCUT2D eigenvalue weighted by atomic mass is 16.7. The summed E-state index contributed by atoms with van der Waals surface area (Å²) in [5.41, 5.74) is -0.878. The van der Waals surface area contributed by atoms with Gasteiger partial charge in [0.05, 0.1) is 0 Å². The number of carboxylic acids is 1. The molecule has 1 heterocycles. The van der Waals surface area contributed by atoms with E-state index in [-0.39, 0.29) is 19.3 Å². The zero-order chi connectivity index (χ0) is 16.4. The van der Waals surface area contributed by atoms with Gasteiger partial charge in [0, 0.05) is 20.3 Å². The zero-order valence-corrected chi connectivity index (χ0v) is 12.5. The second-order valence-electron chi connectivity index (χ2n) is 5.82. The van der Waals surface area contributed by atoms with Gasteiger partial charge < -0.3 is 14.6 Å². The molecular weight excluding hydrogens is 288 g/mol. The SMILES string of the molecule is CC1(C)OC(=O)C(CCC(=O)O)(Cc2ccccc2)C(=O)O1. The molecule has 0 spiro atoms. The van der Waals surface area contributed by atoms with Gasteiger partial charge in [0.1, 0.15) is 0 Å². The Kier molecular flexibility index (Phi) is 4.21. The fraction of sp³-hybridized carbons (Fsp3) is 0.438. The summed E-state index contributed by atoms with van der Waals surface area (Å²) < 4.78 is 10.4. The first-order chi connectivity index (χ1) is 10.3. The Morgan fingerprint density at radius 1 is 1.09 bits per heavy atom. The molecule has 1 aliphatic rings. The molecule has 1 aromatic rings. The Morgan fingerprint density at radius 3 is 2.14 bits per heavy atom. The van der Waals surface area contributed by atoms with Crippen molar-refractivity contribution in [2.24, 2.45) is 5.41 Å². The zero-order valence-electron chi connectivity index (χ0n) is 12.5. The van der Waals surface area contributed by atoms with Crippen LogP contribution < -0.4 is 0 Å². The summed E-state index contributed by atoms with van der Waals surface area (Å²) in [6.45, 7) is 2.93. The minimum Gasteiger partial charge on any atom is -0.481 e. The van der Waals surface area contributed by atoms with Crippen molar-refractivity contribution in [2.75, 3.05) is 0 Å². The van der Waals surface area contributed by atoms with Gasteiger partial charge in [-0.15, -0.1) is 0 Å². The van der Waals surface area contributed by atoms with Crippen LogP contribution in [0.25, 0.3) is 0 Å². The van der Waals surface area contributed by atoms with Crippen LogP contribution in [-0.4, -0.2) is 28.8 Å². The molecule has 2 rings (SSSR count). The lowest BCUT2D eigenvalue weighted by Gasteiger charge is -2.40. The normalized spacial score (nSPS) is 19.2.